The molecular formula is C22H20F2N2S. The summed E-state index contributed by atoms with van der Waals surface area (Å²) in [6, 6.07) is 19.3. The van der Waals surface area contributed by atoms with Crippen LogP contribution in [0.3, 0.4) is 0 Å². The van der Waals surface area contributed by atoms with Crippen LogP contribution in [0.2, 0.25) is 0 Å². The standard InChI is InChI=1S/C22H20F2N2S/c1-14-8-10-18(15(2)12-14)21(16-6-4-3-5-7-16)26-22(27)25-20-11-9-17(23)13-19(20)24/h3-13,21H,1-2H3,(H2,25,26,27)/t21-/m0/s1. The first-order valence-corrected chi connectivity index (χ1v) is 8.99. The summed E-state index contributed by atoms with van der Waals surface area (Å²) in [5.41, 5.74) is 4.55. The maximum absolute atomic E-state index is 13.9. The lowest BCUT2D eigenvalue weighted by Crippen LogP contribution is -2.33. The number of hydrogen-bond acceptors (Lipinski definition) is 1. The summed E-state index contributed by atoms with van der Waals surface area (Å²) in [5, 5.41) is 6.34. The van der Waals surface area contributed by atoms with E-state index in [-0.39, 0.29) is 16.8 Å². The second-order valence-corrected chi connectivity index (χ2v) is 6.83. The molecule has 0 aromatic heterocycles. The summed E-state index contributed by atoms with van der Waals surface area (Å²) in [4.78, 5) is 0. The Balaban J connectivity index is 1.88. The minimum atomic E-state index is -0.693. The van der Waals surface area contributed by atoms with Gasteiger partial charge in [0, 0.05) is 6.07 Å². The molecule has 2 N–H and O–H groups in total. The molecule has 0 bridgehead atoms. The Bertz CT molecular complexity index is 958. The lowest BCUT2D eigenvalue weighted by atomic mass is 9.94. The van der Waals surface area contributed by atoms with Gasteiger partial charge in [-0.25, -0.2) is 8.78 Å². The van der Waals surface area contributed by atoms with Gasteiger partial charge in [-0.1, -0.05) is 54.1 Å². The largest absolute Gasteiger partial charge is 0.352 e. The molecule has 2 nitrogen and oxygen atoms in total. The number of benzene rings is 3. The molecule has 0 aliphatic carbocycles. The number of rotatable bonds is 4. The predicted molar refractivity (Wildman–Crippen MR) is 110 cm³/mol. The third kappa shape index (κ3) is 4.68. The minimum absolute atomic E-state index is 0.126. The first kappa shape index (κ1) is 19.0. The summed E-state index contributed by atoms with van der Waals surface area (Å²) < 4.78 is 27.0. The zero-order chi connectivity index (χ0) is 19.4. The van der Waals surface area contributed by atoms with E-state index >= 15 is 0 Å². The van der Waals surface area contributed by atoms with Gasteiger partial charge in [-0.3, -0.25) is 0 Å². The Labute approximate surface area is 163 Å². The van der Waals surface area contributed by atoms with E-state index in [9.17, 15) is 8.78 Å². The molecule has 0 heterocycles. The van der Waals surface area contributed by atoms with E-state index in [1.807, 2.05) is 37.3 Å². The fraction of sp³-hybridized carbons (Fsp3) is 0.136. The van der Waals surface area contributed by atoms with Crippen molar-refractivity contribution in [2.75, 3.05) is 5.32 Å². The van der Waals surface area contributed by atoms with Crippen molar-refractivity contribution in [3.63, 3.8) is 0 Å². The van der Waals surface area contributed by atoms with E-state index in [1.165, 1.54) is 17.7 Å². The van der Waals surface area contributed by atoms with Gasteiger partial charge in [-0.15, -0.1) is 0 Å². The number of hydrogen-bond donors (Lipinski definition) is 2. The third-order valence-electron chi connectivity index (χ3n) is 4.32. The molecule has 1 atom stereocenters. The predicted octanol–water partition coefficient (Wildman–Crippen LogP) is 5.66. The van der Waals surface area contributed by atoms with Crippen molar-refractivity contribution < 1.29 is 8.78 Å². The molecular weight excluding hydrogens is 362 g/mol. The van der Waals surface area contributed by atoms with Crippen LogP contribution >= 0.6 is 12.2 Å². The lowest BCUT2D eigenvalue weighted by molar-refractivity contribution is 0.586. The monoisotopic (exact) mass is 382 g/mol. The Morgan fingerprint density at radius 1 is 0.926 bits per heavy atom. The van der Waals surface area contributed by atoms with E-state index < -0.39 is 11.6 Å². The number of anilines is 1. The molecule has 0 aliphatic heterocycles. The average molecular weight is 382 g/mol. The van der Waals surface area contributed by atoms with Crippen LogP contribution in [-0.4, -0.2) is 5.11 Å². The molecule has 5 heteroatoms. The van der Waals surface area contributed by atoms with Gasteiger partial charge in [0.25, 0.3) is 0 Å². The van der Waals surface area contributed by atoms with Gasteiger partial charge < -0.3 is 10.6 Å². The fourth-order valence-corrected chi connectivity index (χ4v) is 3.24. The number of halogens is 2. The third-order valence-corrected chi connectivity index (χ3v) is 4.54. The molecule has 138 valence electrons. The van der Waals surface area contributed by atoms with Gasteiger partial charge in [-0.05, 0) is 54.9 Å². The minimum Gasteiger partial charge on any atom is -0.352 e. The van der Waals surface area contributed by atoms with Crippen molar-refractivity contribution in [3.8, 4) is 0 Å². The molecule has 0 spiro atoms. The van der Waals surface area contributed by atoms with Crippen LogP contribution in [0, 0.1) is 25.5 Å². The molecule has 0 amide bonds. The fourth-order valence-electron chi connectivity index (χ4n) is 3.02. The number of thiocarbonyl (C=S) groups is 1. The first-order valence-electron chi connectivity index (χ1n) is 8.58. The average Bonchev–Trinajstić information content (AvgIpc) is 2.63. The van der Waals surface area contributed by atoms with E-state index in [2.05, 4.69) is 35.8 Å². The summed E-state index contributed by atoms with van der Waals surface area (Å²) in [7, 11) is 0. The topological polar surface area (TPSA) is 24.1 Å². The quantitative estimate of drug-likeness (QED) is 0.570. The van der Waals surface area contributed by atoms with Crippen LogP contribution in [-0.2, 0) is 0 Å². The van der Waals surface area contributed by atoms with Crippen molar-refractivity contribution >= 4 is 23.0 Å². The summed E-state index contributed by atoms with van der Waals surface area (Å²) in [5.74, 6) is -1.32. The molecule has 3 rings (SSSR count). The normalized spacial score (nSPS) is 11.7. The van der Waals surface area contributed by atoms with Gasteiger partial charge in [0.1, 0.15) is 11.6 Å². The van der Waals surface area contributed by atoms with E-state index in [4.69, 9.17) is 12.2 Å². The molecule has 0 fully saturated rings. The first-order chi connectivity index (χ1) is 12.9. The van der Waals surface area contributed by atoms with Crippen LogP contribution in [0.1, 0.15) is 28.3 Å². The highest BCUT2D eigenvalue weighted by molar-refractivity contribution is 7.80. The van der Waals surface area contributed by atoms with E-state index in [1.54, 1.807) is 0 Å². The van der Waals surface area contributed by atoms with Crippen molar-refractivity contribution in [1.29, 1.82) is 0 Å². The van der Waals surface area contributed by atoms with Crippen LogP contribution in [0.15, 0.2) is 66.7 Å². The smallest absolute Gasteiger partial charge is 0.171 e. The molecule has 0 saturated heterocycles. The van der Waals surface area contributed by atoms with Crippen molar-refractivity contribution in [2.45, 2.75) is 19.9 Å². The van der Waals surface area contributed by atoms with E-state index in [0.717, 1.165) is 22.8 Å². The Morgan fingerprint density at radius 3 is 2.33 bits per heavy atom. The van der Waals surface area contributed by atoms with Crippen LogP contribution in [0.4, 0.5) is 14.5 Å². The van der Waals surface area contributed by atoms with Gasteiger partial charge in [0.15, 0.2) is 5.11 Å². The van der Waals surface area contributed by atoms with Crippen molar-refractivity contribution in [2.24, 2.45) is 0 Å². The van der Waals surface area contributed by atoms with Gasteiger partial charge >= 0.3 is 0 Å². The highest BCUT2D eigenvalue weighted by atomic mass is 32.1. The maximum atomic E-state index is 13.9. The molecule has 27 heavy (non-hydrogen) atoms. The van der Waals surface area contributed by atoms with Gasteiger partial charge in [-0.2, -0.15) is 0 Å². The zero-order valence-corrected chi connectivity index (χ0v) is 15.9. The second kappa shape index (κ2) is 8.27. The van der Waals surface area contributed by atoms with E-state index in [0.29, 0.717) is 0 Å². The number of aryl methyl sites for hydroxylation is 2. The SMILES string of the molecule is Cc1ccc([C@@H](NC(=S)Nc2ccc(F)cc2F)c2ccccc2)c(C)c1. The van der Waals surface area contributed by atoms with Crippen LogP contribution in [0.25, 0.3) is 0 Å². The Morgan fingerprint density at radius 2 is 1.67 bits per heavy atom. The highest BCUT2D eigenvalue weighted by Gasteiger charge is 2.18. The molecule has 0 saturated carbocycles. The zero-order valence-electron chi connectivity index (χ0n) is 15.1. The second-order valence-electron chi connectivity index (χ2n) is 6.43. The molecule has 0 aliphatic rings. The lowest BCUT2D eigenvalue weighted by Gasteiger charge is -2.24. The molecule has 0 unspecified atom stereocenters. The highest BCUT2D eigenvalue weighted by Crippen LogP contribution is 2.26. The molecule has 0 radical (unpaired) electrons. The van der Waals surface area contributed by atoms with Gasteiger partial charge in [0.2, 0.25) is 0 Å². The van der Waals surface area contributed by atoms with Gasteiger partial charge in [0.05, 0.1) is 11.7 Å². The van der Waals surface area contributed by atoms with Crippen molar-refractivity contribution in [3.05, 3.63) is 101 Å². The molecule has 3 aromatic carbocycles. The van der Waals surface area contributed by atoms with Crippen molar-refractivity contribution in [1.82, 2.24) is 5.32 Å². The maximum Gasteiger partial charge on any atom is 0.171 e. The Kier molecular flexibility index (Phi) is 5.81. The van der Waals surface area contributed by atoms with Crippen LogP contribution in [0.5, 0.6) is 0 Å². The van der Waals surface area contributed by atoms with Crippen LogP contribution < -0.4 is 10.6 Å². The molecule has 3 aromatic rings. The summed E-state index contributed by atoms with van der Waals surface area (Å²) >= 11 is 5.39. The summed E-state index contributed by atoms with van der Waals surface area (Å²) in [6.45, 7) is 4.10. The Hall–Kier alpha value is -2.79. The number of nitrogens with one attached hydrogen (secondary N) is 2. The summed E-state index contributed by atoms with van der Waals surface area (Å²) in [6.07, 6.45) is 0.